The molecule has 2 aromatic rings. The number of anilines is 2. The first-order valence-electron chi connectivity index (χ1n) is 6.69. The third-order valence-electron chi connectivity index (χ3n) is 2.73. The minimum atomic E-state index is 0.714. The van der Waals surface area contributed by atoms with Crippen LogP contribution < -0.4 is 15.8 Å². The molecule has 0 radical (unpaired) electrons. The normalized spacial score (nSPS) is 10.5. The lowest BCUT2D eigenvalue weighted by Crippen LogP contribution is -2.05. The Morgan fingerprint density at radius 2 is 2.15 bits per heavy atom. The SMILES string of the molecule is CCCOc1cc(N)cc(NCCc2ccc(Br)s2)c1. The maximum Gasteiger partial charge on any atom is 0.123 e. The molecular formula is C15H19BrN2OS. The molecule has 0 aliphatic carbocycles. The molecule has 1 heterocycles. The second kappa shape index (κ2) is 7.55. The molecule has 3 N–H and O–H groups in total. The number of hydrogen-bond acceptors (Lipinski definition) is 4. The molecule has 0 unspecified atom stereocenters. The van der Waals surface area contributed by atoms with Crippen molar-refractivity contribution in [2.24, 2.45) is 0 Å². The Hall–Kier alpha value is -1.20. The van der Waals surface area contributed by atoms with E-state index in [1.54, 1.807) is 11.3 Å². The summed E-state index contributed by atoms with van der Waals surface area (Å²) >= 11 is 5.24. The zero-order valence-electron chi connectivity index (χ0n) is 11.5. The summed E-state index contributed by atoms with van der Waals surface area (Å²) in [6.45, 7) is 3.68. The lowest BCUT2D eigenvalue weighted by molar-refractivity contribution is 0.318. The van der Waals surface area contributed by atoms with Gasteiger partial charge < -0.3 is 15.8 Å². The summed E-state index contributed by atoms with van der Waals surface area (Å²) in [7, 11) is 0. The fourth-order valence-electron chi connectivity index (χ4n) is 1.84. The van der Waals surface area contributed by atoms with E-state index in [1.807, 2.05) is 18.2 Å². The minimum Gasteiger partial charge on any atom is -0.493 e. The van der Waals surface area contributed by atoms with Gasteiger partial charge in [0.15, 0.2) is 0 Å². The molecule has 0 amide bonds. The first kappa shape index (κ1) is 15.2. The highest BCUT2D eigenvalue weighted by Crippen LogP contribution is 2.24. The molecule has 1 aromatic carbocycles. The Morgan fingerprint density at radius 3 is 2.85 bits per heavy atom. The average molecular weight is 355 g/mol. The fraction of sp³-hybridized carbons (Fsp3) is 0.333. The molecule has 1 aromatic heterocycles. The predicted molar refractivity (Wildman–Crippen MR) is 90.9 cm³/mol. The van der Waals surface area contributed by atoms with Crippen LogP contribution in [0.15, 0.2) is 34.1 Å². The van der Waals surface area contributed by atoms with Crippen molar-refractivity contribution >= 4 is 38.6 Å². The zero-order valence-corrected chi connectivity index (χ0v) is 13.9. The summed E-state index contributed by atoms with van der Waals surface area (Å²) in [4.78, 5) is 1.36. The van der Waals surface area contributed by atoms with Crippen LogP contribution in [-0.4, -0.2) is 13.2 Å². The molecule has 0 bridgehead atoms. The number of nitrogens with two attached hydrogens (primary N) is 1. The molecule has 0 atom stereocenters. The highest BCUT2D eigenvalue weighted by atomic mass is 79.9. The van der Waals surface area contributed by atoms with Gasteiger partial charge in [0.05, 0.1) is 10.4 Å². The zero-order chi connectivity index (χ0) is 14.4. The largest absolute Gasteiger partial charge is 0.493 e. The average Bonchev–Trinajstić information content (AvgIpc) is 2.81. The van der Waals surface area contributed by atoms with Crippen LogP contribution in [0.2, 0.25) is 0 Å². The van der Waals surface area contributed by atoms with Crippen LogP contribution in [0.5, 0.6) is 5.75 Å². The third-order valence-corrected chi connectivity index (χ3v) is 4.41. The number of nitrogens with one attached hydrogen (secondary N) is 1. The maximum atomic E-state index is 5.89. The van der Waals surface area contributed by atoms with Gasteiger partial charge in [-0.2, -0.15) is 0 Å². The summed E-state index contributed by atoms with van der Waals surface area (Å²) in [5, 5.41) is 3.39. The molecule has 0 saturated heterocycles. The molecule has 0 saturated carbocycles. The number of halogens is 1. The standard InChI is InChI=1S/C15H19BrN2OS/c1-2-7-19-13-9-11(17)8-12(10-13)18-6-5-14-3-4-15(16)20-14/h3-4,8-10,18H,2,5-7,17H2,1H3. The molecular weight excluding hydrogens is 336 g/mol. The first-order chi connectivity index (χ1) is 9.67. The van der Waals surface area contributed by atoms with Crippen molar-refractivity contribution in [2.75, 3.05) is 24.2 Å². The van der Waals surface area contributed by atoms with Crippen molar-refractivity contribution < 1.29 is 4.74 Å². The van der Waals surface area contributed by atoms with Crippen molar-refractivity contribution in [3.05, 3.63) is 39.0 Å². The van der Waals surface area contributed by atoms with Crippen molar-refractivity contribution in [3.63, 3.8) is 0 Å². The van der Waals surface area contributed by atoms with E-state index in [0.29, 0.717) is 6.61 Å². The minimum absolute atomic E-state index is 0.714. The molecule has 108 valence electrons. The van der Waals surface area contributed by atoms with E-state index in [1.165, 1.54) is 8.66 Å². The van der Waals surface area contributed by atoms with Gasteiger partial charge in [0.2, 0.25) is 0 Å². The van der Waals surface area contributed by atoms with E-state index in [0.717, 1.165) is 36.5 Å². The molecule has 0 spiro atoms. The van der Waals surface area contributed by atoms with E-state index in [2.05, 4.69) is 40.3 Å². The van der Waals surface area contributed by atoms with Crippen molar-refractivity contribution in [1.82, 2.24) is 0 Å². The molecule has 0 fully saturated rings. The van der Waals surface area contributed by atoms with Crippen molar-refractivity contribution in [1.29, 1.82) is 0 Å². The molecule has 20 heavy (non-hydrogen) atoms. The van der Waals surface area contributed by atoms with Crippen LogP contribution in [0, 0.1) is 0 Å². The Morgan fingerprint density at radius 1 is 1.30 bits per heavy atom. The monoisotopic (exact) mass is 354 g/mol. The molecule has 3 nitrogen and oxygen atoms in total. The van der Waals surface area contributed by atoms with Crippen LogP contribution in [0.4, 0.5) is 11.4 Å². The summed E-state index contributed by atoms with van der Waals surface area (Å²) in [6, 6.07) is 10.0. The second-order valence-corrected chi connectivity index (χ2v) is 7.07. The summed E-state index contributed by atoms with van der Waals surface area (Å²) in [6.07, 6.45) is 1.99. The fourth-order valence-corrected chi connectivity index (χ4v) is 3.33. The second-order valence-electron chi connectivity index (χ2n) is 4.52. The van der Waals surface area contributed by atoms with E-state index >= 15 is 0 Å². The van der Waals surface area contributed by atoms with Gasteiger partial charge in [-0.1, -0.05) is 6.92 Å². The maximum absolute atomic E-state index is 5.89. The Labute approximate surface area is 132 Å². The highest BCUT2D eigenvalue weighted by molar-refractivity contribution is 9.11. The smallest absolute Gasteiger partial charge is 0.123 e. The van der Waals surface area contributed by atoms with Crippen molar-refractivity contribution in [2.45, 2.75) is 19.8 Å². The van der Waals surface area contributed by atoms with Gasteiger partial charge in [-0.15, -0.1) is 11.3 Å². The third kappa shape index (κ3) is 4.72. The van der Waals surface area contributed by atoms with Gasteiger partial charge in [0.25, 0.3) is 0 Å². The van der Waals surface area contributed by atoms with Crippen LogP contribution in [0.25, 0.3) is 0 Å². The van der Waals surface area contributed by atoms with Gasteiger partial charge in [-0.05, 0) is 47.0 Å². The summed E-state index contributed by atoms with van der Waals surface area (Å²) in [5.41, 5.74) is 7.62. The predicted octanol–water partition coefficient (Wildman–Crippen LogP) is 4.54. The van der Waals surface area contributed by atoms with E-state index < -0.39 is 0 Å². The van der Waals surface area contributed by atoms with Gasteiger partial charge >= 0.3 is 0 Å². The first-order valence-corrected chi connectivity index (χ1v) is 8.30. The van der Waals surface area contributed by atoms with Crippen LogP contribution in [0.1, 0.15) is 18.2 Å². The van der Waals surface area contributed by atoms with Crippen LogP contribution >= 0.6 is 27.3 Å². The molecule has 2 rings (SSSR count). The van der Waals surface area contributed by atoms with Gasteiger partial charge in [0, 0.05) is 34.9 Å². The Kier molecular flexibility index (Phi) is 5.73. The number of benzene rings is 1. The van der Waals surface area contributed by atoms with E-state index in [-0.39, 0.29) is 0 Å². The van der Waals surface area contributed by atoms with Crippen LogP contribution in [0.3, 0.4) is 0 Å². The topological polar surface area (TPSA) is 47.3 Å². The number of hydrogen-bond donors (Lipinski definition) is 2. The molecule has 0 aliphatic rings. The van der Waals surface area contributed by atoms with E-state index in [4.69, 9.17) is 10.5 Å². The number of rotatable bonds is 7. The molecule has 5 heteroatoms. The Bertz CT molecular complexity index is 557. The molecule has 0 aliphatic heterocycles. The van der Waals surface area contributed by atoms with E-state index in [9.17, 15) is 0 Å². The number of nitrogen functional groups attached to an aromatic ring is 1. The number of ether oxygens (including phenoxy) is 1. The number of thiophene rings is 1. The lowest BCUT2D eigenvalue weighted by Gasteiger charge is -2.10. The summed E-state index contributed by atoms with van der Waals surface area (Å²) < 4.78 is 6.79. The van der Waals surface area contributed by atoms with Gasteiger partial charge in [-0.3, -0.25) is 0 Å². The summed E-state index contributed by atoms with van der Waals surface area (Å²) in [5.74, 6) is 0.827. The Balaban J connectivity index is 1.89. The van der Waals surface area contributed by atoms with Gasteiger partial charge in [0.1, 0.15) is 5.75 Å². The quantitative estimate of drug-likeness (QED) is 0.717. The lowest BCUT2D eigenvalue weighted by atomic mass is 10.2. The van der Waals surface area contributed by atoms with Crippen molar-refractivity contribution in [3.8, 4) is 5.75 Å². The van der Waals surface area contributed by atoms with Crippen LogP contribution in [-0.2, 0) is 6.42 Å². The van der Waals surface area contributed by atoms with Gasteiger partial charge in [-0.25, -0.2) is 0 Å². The highest BCUT2D eigenvalue weighted by Gasteiger charge is 2.01.